The van der Waals surface area contributed by atoms with Gasteiger partial charge in [-0.1, -0.05) is 0 Å². The van der Waals surface area contributed by atoms with Crippen molar-refractivity contribution in [3.8, 4) is 0 Å². The first-order valence-corrected chi connectivity index (χ1v) is 7.73. The largest absolute Gasteiger partial charge is 0.465 e. The van der Waals surface area contributed by atoms with Gasteiger partial charge >= 0.3 is 11.9 Å². The van der Waals surface area contributed by atoms with Gasteiger partial charge in [-0.15, -0.1) is 0 Å². The van der Waals surface area contributed by atoms with E-state index in [0.717, 1.165) is 19.3 Å². The normalized spacial score (nSPS) is 24.2. The van der Waals surface area contributed by atoms with Crippen LogP contribution in [0.5, 0.6) is 0 Å². The second-order valence-corrected chi connectivity index (χ2v) is 5.45. The van der Waals surface area contributed by atoms with Crippen molar-refractivity contribution in [3.05, 3.63) is 0 Å². The maximum absolute atomic E-state index is 12.2. The summed E-state index contributed by atoms with van der Waals surface area (Å²) in [6, 6.07) is 0. The summed E-state index contributed by atoms with van der Waals surface area (Å²) in [5.74, 6) is -2.67. The van der Waals surface area contributed by atoms with E-state index in [1.165, 1.54) is 0 Å². The predicted octanol–water partition coefficient (Wildman–Crippen LogP) is 1.66. The molecule has 0 radical (unpaired) electrons. The van der Waals surface area contributed by atoms with Gasteiger partial charge in [0.05, 0.1) is 26.4 Å². The Morgan fingerprint density at radius 3 is 2.24 bits per heavy atom. The van der Waals surface area contributed by atoms with Crippen LogP contribution in [-0.2, 0) is 28.5 Å². The summed E-state index contributed by atoms with van der Waals surface area (Å²) in [6.45, 7) is 5.09. The Morgan fingerprint density at radius 1 is 1.14 bits per heavy atom. The minimum Gasteiger partial charge on any atom is -0.465 e. The number of hydrogen-bond donors (Lipinski definition) is 0. The van der Waals surface area contributed by atoms with Crippen LogP contribution in [-0.4, -0.2) is 44.2 Å². The molecule has 0 aromatic heterocycles. The van der Waals surface area contributed by atoms with Crippen molar-refractivity contribution in [2.45, 2.75) is 45.3 Å². The molecular weight excluding hydrogens is 276 g/mol. The Kier molecular flexibility index (Phi) is 5.58. The highest BCUT2D eigenvalue weighted by atomic mass is 16.7. The van der Waals surface area contributed by atoms with Crippen LogP contribution in [0.25, 0.3) is 0 Å². The summed E-state index contributed by atoms with van der Waals surface area (Å²) in [5, 5.41) is 0. The summed E-state index contributed by atoms with van der Waals surface area (Å²) >= 11 is 0. The lowest BCUT2D eigenvalue weighted by Gasteiger charge is -2.38. The molecular formula is C15H24O6. The van der Waals surface area contributed by atoms with Crippen LogP contribution in [0.1, 0.15) is 39.5 Å². The molecule has 1 atom stereocenters. The van der Waals surface area contributed by atoms with E-state index in [4.69, 9.17) is 18.9 Å². The van der Waals surface area contributed by atoms with Crippen LogP contribution < -0.4 is 0 Å². The molecule has 21 heavy (non-hydrogen) atoms. The lowest BCUT2D eigenvalue weighted by molar-refractivity contribution is -0.196. The van der Waals surface area contributed by atoms with E-state index >= 15 is 0 Å². The van der Waals surface area contributed by atoms with Gasteiger partial charge < -0.3 is 18.9 Å². The van der Waals surface area contributed by atoms with E-state index in [1.54, 1.807) is 13.8 Å². The fraction of sp³-hybridized carbons (Fsp3) is 0.867. The number of ether oxygens (including phenoxy) is 4. The average Bonchev–Trinajstić information content (AvgIpc) is 2.87. The van der Waals surface area contributed by atoms with E-state index in [-0.39, 0.29) is 19.1 Å². The van der Waals surface area contributed by atoms with Crippen molar-refractivity contribution in [1.82, 2.24) is 0 Å². The number of esters is 2. The third-order valence-corrected chi connectivity index (χ3v) is 4.07. The van der Waals surface area contributed by atoms with Crippen molar-refractivity contribution in [2.75, 3.05) is 26.4 Å². The topological polar surface area (TPSA) is 71.1 Å². The average molecular weight is 300 g/mol. The molecule has 1 aliphatic heterocycles. The van der Waals surface area contributed by atoms with Crippen LogP contribution in [0.3, 0.4) is 0 Å². The highest BCUT2D eigenvalue weighted by Gasteiger charge is 2.47. The van der Waals surface area contributed by atoms with Gasteiger partial charge in [0.15, 0.2) is 11.7 Å². The Morgan fingerprint density at radius 2 is 1.71 bits per heavy atom. The van der Waals surface area contributed by atoms with Crippen molar-refractivity contribution < 1.29 is 28.5 Å². The maximum atomic E-state index is 12.2. The predicted molar refractivity (Wildman–Crippen MR) is 73.3 cm³/mol. The molecule has 120 valence electrons. The third-order valence-electron chi connectivity index (χ3n) is 4.07. The van der Waals surface area contributed by atoms with Gasteiger partial charge in [-0.3, -0.25) is 9.59 Å². The van der Waals surface area contributed by atoms with Crippen LogP contribution >= 0.6 is 0 Å². The molecule has 2 fully saturated rings. The zero-order valence-electron chi connectivity index (χ0n) is 12.8. The molecule has 0 N–H and O–H groups in total. The van der Waals surface area contributed by atoms with Gasteiger partial charge in [-0.05, 0) is 32.6 Å². The Balaban J connectivity index is 2.11. The van der Waals surface area contributed by atoms with Gasteiger partial charge in [-0.25, -0.2) is 0 Å². The molecule has 1 saturated carbocycles. The zero-order chi connectivity index (χ0) is 15.3. The summed E-state index contributed by atoms with van der Waals surface area (Å²) in [7, 11) is 0. The van der Waals surface area contributed by atoms with Crippen LogP contribution in [0.4, 0.5) is 0 Å². The number of rotatable bonds is 5. The molecule has 6 nitrogen and oxygen atoms in total. The van der Waals surface area contributed by atoms with Crippen LogP contribution in [0.15, 0.2) is 0 Å². The summed E-state index contributed by atoms with van der Waals surface area (Å²) in [4.78, 5) is 24.3. The molecule has 0 aromatic carbocycles. The van der Waals surface area contributed by atoms with Gasteiger partial charge in [0.1, 0.15) is 0 Å². The molecule has 6 heteroatoms. The quantitative estimate of drug-likeness (QED) is 0.568. The fourth-order valence-electron chi connectivity index (χ4n) is 3.23. The van der Waals surface area contributed by atoms with Gasteiger partial charge in [0.25, 0.3) is 0 Å². The second kappa shape index (κ2) is 7.22. The lowest BCUT2D eigenvalue weighted by atomic mass is 9.77. The van der Waals surface area contributed by atoms with Crippen molar-refractivity contribution in [1.29, 1.82) is 0 Å². The molecule has 2 aliphatic rings. The maximum Gasteiger partial charge on any atom is 0.320 e. The minimum atomic E-state index is -0.880. The summed E-state index contributed by atoms with van der Waals surface area (Å²) < 4.78 is 21.5. The fourth-order valence-corrected chi connectivity index (χ4v) is 3.23. The van der Waals surface area contributed by atoms with E-state index in [0.29, 0.717) is 19.6 Å². The third kappa shape index (κ3) is 3.74. The zero-order valence-corrected chi connectivity index (χ0v) is 12.8. The Hall–Kier alpha value is -1.14. The molecule has 0 unspecified atom stereocenters. The van der Waals surface area contributed by atoms with Crippen LogP contribution in [0, 0.1) is 11.8 Å². The standard InChI is InChI=1S/C15H24O6/c1-3-18-13(16)12(14(17)19-4-2)11-6-5-7-15(10-11)20-8-9-21-15/h11-12H,3-10H2,1-2H3/t11-/m1/s1. The smallest absolute Gasteiger partial charge is 0.320 e. The monoisotopic (exact) mass is 300 g/mol. The van der Waals surface area contributed by atoms with Crippen molar-refractivity contribution in [2.24, 2.45) is 11.8 Å². The van der Waals surface area contributed by atoms with E-state index in [1.807, 2.05) is 0 Å². The van der Waals surface area contributed by atoms with Gasteiger partial charge in [0.2, 0.25) is 0 Å². The Bertz CT molecular complexity index is 356. The molecule has 0 amide bonds. The van der Waals surface area contributed by atoms with Crippen molar-refractivity contribution in [3.63, 3.8) is 0 Å². The molecule has 1 heterocycles. The van der Waals surface area contributed by atoms with E-state index in [2.05, 4.69) is 0 Å². The SMILES string of the molecule is CCOC(=O)C(C(=O)OCC)[C@@H]1CCCC2(C1)OCCO2. The Labute approximate surface area is 125 Å². The molecule has 0 bridgehead atoms. The summed E-state index contributed by atoms with van der Waals surface area (Å²) in [6.07, 6.45) is 2.98. The van der Waals surface area contributed by atoms with Crippen molar-refractivity contribution >= 4 is 11.9 Å². The molecule has 1 spiro atoms. The first-order chi connectivity index (χ1) is 10.1. The number of hydrogen-bond acceptors (Lipinski definition) is 6. The highest BCUT2D eigenvalue weighted by Crippen LogP contribution is 2.42. The van der Waals surface area contributed by atoms with Gasteiger partial charge in [-0.2, -0.15) is 0 Å². The first kappa shape index (κ1) is 16.2. The molecule has 2 rings (SSSR count). The minimum absolute atomic E-state index is 0.157. The number of carbonyl (C=O) groups excluding carboxylic acids is 2. The van der Waals surface area contributed by atoms with E-state index in [9.17, 15) is 9.59 Å². The molecule has 1 saturated heterocycles. The molecule has 1 aliphatic carbocycles. The van der Waals surface area contributed by atoms with Crippen LogP contribution in [0.2, 0.25) is 0 Å². The summed E-state index contributed by atoms with van der Waals surface area (Å²) in [5.41, 5.74) is 0. The number of carbonyl (C=O) groups is 2. The first-order valence-electron chi connectivity index (χ1n) is 7.73. The lowest BCUT2D eigenvalue weighted by Crippen LogP contribution is -2.43. The highest BCUT2D eigenvalue weighted by molar-refractivity contribution is 5.95. The molecule has 0 aromatic rings. The second-order valence-electron chi connectivity index (χ2n) is 5.45. The van der Waals surface area contributed by atoms with Gasteiger partial charge in [0, 0.05) is 12.8 Å². The van der Waals surface area contributed by atoms with E-state index < -0.39 is 23.6 Å².